The van der Waals surface area contributed by atoms with Crippen molar-refractivity contribution in [1.29, 1.82) is 0 Å². The van der Waals surface area contributed by atoms with Crippen molar-refractivity contribution in [2.45, 2.75) is 12.7 Å². The molecule has 0 spiro atoms. The van der Waals surface area contributed by atoms with Crippen LogP contribution in [0.3, 0.4) is 0 Å². The van der Waals surface area contributed by atoms with Gasteiger partial charge in [0.25, 0.3) is 5.91 Å². The molecule has 1 aliphatic heterocycles. The van der Waals surface area contributed by atoms with E-state index in [1.165, 1.54) is 6.07 Å². The van der Waals surface area contributed by atoms with Gasteiger partial charge in [0.15, 0.2) is 11.5 Å². The van der Waals surface area contributed by atoms with Gasteiger partial charge in [-0.15, -0.1) is 0 Å². The third kappa shape index (κ3) is 3.71. The first-order valence-corrected chi connectivity index (χ1v) is 8.49. The molecule has 2 heterocycles. The molecule has 0 saturated carbocycles. The van der Waals surface area contributed by atoms with E-state index in [0.717, 1.165) is 4.90 Å². The van der Waals surface area contributed by atoms with Gasteiger partial charge in [0.05, 0.1) is 12.1 Å². The number of para-hydroxylation sites is 1. The van der Waals surface area contributed by atoms with E-state index in [-0.39, 0.29) is 18.9 Å². The number of halogens is 3. The summed E-state index contributed by atoms with van der Waals surface area (Å²) >= 11 is 0. The van der Waals surface area contributed by atoms with E-state index in [2.05, 4.69) is 4.98 Å². The van der Waals surface area contributed by atoms with Crippen LogP contribution >= 0.6 is 0 Å². The van der Waals surface area contributed by atoms with E-state index < -0.39 is 18.6 Å². The summed E-state index contributed by atoms with van der Waals surface area (Å²) in [7, 11) is 0. The molecule has 0 bridgehead atoms. The number of carbonyl (C=O) groups excluding carboxylic acids is 1. The summed E-state index contributed by atoms with van der Waals surface area (Å²) in [6.07, 6.45) is -2.93. The minimum atomic E-state index is -4.54. The number of fused-ring (bicyclic) bond motifs is 2. The van der Waals surface area contributed by atoms with Gasteiger partial charge in [0.1, 0.15) is 6.54 Å². The Morgan fingerprint density at radius 2 is 1.96 bits per heavy atom. The van der Waals surface area contributed by atoms with E-state index in [1.807, 2.05) is 0 Å². The Balaban J connectivity index is 1.67. The summed E-state index contributed by atoms with van der Waals surface area (Å²) in [5, 5.41) is 0.678. The number of benzene rings is 2. The SMILES string of the molecule is O=C(c1ccc2ncccc2c1)N(Cc1cccc2c1OCO2)CC(F)(F)F. The van der Waals surface area contributed by atoms with Crippen molar-refractivity contribution in [3.05, 3.63) is 65.9 Å². The maximum absolute atomic E-state index is 13.2. The van der Waals surface area contributed by atoms with E-state index in [4.69, 9.17) is 9.47 Å². The molecule has 8 heteroatoms. The maximum atomic E-state index is 13.2. The Kier molecular flexibility index (Phi) is 4.54. The number of aromatic nitrogens is 1. The third-order valence-corrected chi connectivity index (χ3v) is 4.35. The summed E-state index contributed by atoms with van der Waals surface area (Å²) in [5.41, 5.74) is 1.28. The summed E-state index contributed by atoms with van der Waals surface area (Å²) in [6.45, 7) is -1.63. The van der Waals surface area contributed by atoms with Gasteiger partial charge in [-0.05, 0) is 30.3 Å². The average Bonchev–Trinajstić information content (AvgIpc) is 3.15. The molecule has 1 amide bonds. The quantitative estimate of drug-likeness (QED) is 0.673. The van der Waals surface area contributed by atoms with Crippen molar-refractivity contribution in [1.82, 2.24) is 9.88 Å². The highest BCUT2D eigenvalue weighted by molar-refractivity contribution is 5.98. The molecule has 0 saturated heterocycles. The fraction of sp³-hybridized carbons (Fsp3) is 0.200. The predicted molar refractivity (Wildman–Crippen MR) is 95.1 cm³/mol. The molecule has 2 aromatic carbocycles. The topological polar surface area (TPSA) is 51.7 Å². The zero-order chi connectivity index (χ0) is 19.7. The van der Waals surface area contributed by atoms with E-state index >= 15 is 0 Å². The number of amides is 1. The highest BCUT2D eigenvalue weighted by atomic mass is 19.4. The fourth-order valence-corrected chi connectivity index (χ4v) is 3.13. The number of pyridine rings is 1. The van der Waals surface area contributed by atoms with Gasteiger partial charge in [-0.2, -0.15) is 13.2 Å². The monoisotopic (exact) mass is 388 g/mol. The van der Waals surface area contributed by atoms with Crippen molar-refractivity contribution in [3.63, 3.8) is 0 Å². The van der Waals surface area contributed by atoms with Crippen molar-refractivity contribution in [2.75, 3.05) is 13.3 Å². The molecule has 3 aromatic rings. The lowest BCUT2D eigenvalue weighted by molar-refractivity contribution is -0.141. The van der Waals surface area contributed by atoms with Crippen molar-refractivity contribution in [2.24, 2.45) is 0 Å². The van der Waals surface area contributed by atoms with Crippen LogP contribution in [-0.2, 0) is 6.54 Å². The molecule has 1 aromatic heterocycles. The van der Waals surface area contributed by atoms with Crippen LogP contribution in [0.5, 0.6) is 11.5 Å². The Morgan fingerprint density at radius 1 is 1.11 bits per heavy atom. The maximum Gasteiger partial charge on any atom is 0.406 e. The van der Waals surface area contributed by atoms with Gasteiger partial charge in [0, 0.05) is 22.7 Å². The number of ether oxygens (including phenoxy) is 2. The first-order valence-electron chi connectivity index (χ1n) is 8.49. The van der Waals surface area contributed by atoms with Crippen LogP contribution in [0, 0.1) is 0 Å². The summed E-state index contributed by atoms with van der Waals surface area (Å²) in [5.74, 6) is 0.0958. The van der Waals surface area contributed by atoms with Crippen LogP contribution in [0.4, 0.5) is 13.2 Å². The molecule has 28 heavy (non-hydrogen) atoms. The molecule has 0 fully saturated rings. The van der Waals surface area contributed by atoms with E-state index in [0.29, 0.717) is 28.0 Å². The Morgan fingerprint density at radius 3 is 2.79 bits per heavy atom. The standard InChI is InChI=1S/C20H15F3N2O3/c21-20(22,23)11-25(10-15-3-1-5-17-18(15)28-12-27-17)19(26)14-6-7-16-13(9-14)4-2-8-24-16/h1-9H,10-12H2. The second-order valence-electron chi connectivity index (χ2n) is 6.34. The van der Waals surface area contributed by atoms with E-state index in [9.17, 15) is 18.0 Å². The zero-order valence-electron chi connectivity index (χ0n) is 14.6. The van der Waals surface area contributed by atoms with Crippen LogP contribution in [0.1, 0.15) is 15.9 Å². The van der Waals surface area contributed by atoms with Crippen LogP contribution < -0.4 is 9.47 Å². The van der Waals surface area contributed by atoms with Gasteiger partial charge in [-0.3, -0.25) is 9.78 Å². The van der Waals surface area contributed by atoms with Crippen molar-refractivity contribution in [3.8, 4) is 11.5 Å². The van der Waals surface area contributed by atoms with Gasteiger partial charge < -0.3 is 14.4 Å². The number of nitrogens with zero attached hydrogens (tertiary/aromatic N) is 2. The van der Waals surface area contributed by atoms with Crippen LogP contribution in [0.2, 0.25) is 0 Å². The number of hydrogen-bond donors (Lipinski definition) is 0. The predicted octanol–water partition coefficient (Wildman–Crippen LogP) is 4.17. The second kappa shape index (κ2) is 7.03. The van der Waals surface area contributed by atoms with E-state index in [1.54, 1.807) is 48.7 Å². The molecule has 4 rings (SSSR count). The van der Waals surface area contributed by atoms with Crippen LogP contribution in [-0.4, -0.2) is 35.3 Å². The molecular formula is C20H15F3N2O3. The lowest BCUT2D eigenvalue weighted by atomic mass is 10.1. The molecular weight excluding hydrogens is 373 g/mol. The first kappa shape index (κ1) is 18.1. The Labute approximate surface area is 158 Å². The fourth-order valence-electron chi connectivity index (χ4n) is 3.13. The number of alkyl halides is 3. The molecule has 0 atom stereocenters. The highest BCUT2D eigenvalue weighted by Crippen LogP contribution is 2.36. The molecule has 144 valence electrons. The molecule has 0 unspecified atom stereocenters. The molecule has 5 nitrogen and oxygen atoms in total. The summed E-state index contributed by atoms with van der Waals surface area (Å²) in [6, 6.07) is 13.0. The van der Waals surface area contributed by atoms with Crippen LogP contribution in [0.15, 0.2) is 54.7 Å². The minimum Gasteiger partial charge on any atom is -0.454 e. The largest absolute Gasteiger partial charge is 0.454 e. The Hall–Kier alpha value is -3.29. The summed E-state index contributed by atoms with van der Waals surface area (Å²) < 4.78 is 50.1. The molecule has 0 aliphatic carbocycles. The first-order chi connectivity index (χ1) is 13.4. The number of hydrogen-bond acceptors (Lipinski definition) is 4. The average molecular weight is 388 g/mol. The molecule has 0 N–H and O–H groups in total. The smallest absolute Gasteiger partial charge is 0.406 e. The normalized spacial score (nSPS) is 13.0. The molecule has 0 radical (unpaired) electrons. The molecule has 1 aliphatic rings. The lowest BCUT2D eigenvalue weighted by Crippen LogP contribution is -2.38. The van der Waals surface area contributed by atoms with Crippen molar-refractivity contribution < 1.29 is 27.4 Å². The van der Waals surface area contributed by atoms with Gasteiger partial charge in [-0.25, -0.2) is 0 Å². The lowest BCUT2D eigenvalue weighted by Gasteiger charge is -2.24. The van der Waals surface area contributed by atoms with Crippen molar-refractivity contribution >= 4 is 16.8 Å². The minimum absolute atomic E-state index is 0.00274. The third-order valence-electron chi connectivity index (χ3n) is 4.35. The highest BCUT2D eigenvalue weighted by Gasteiger charge is 2.34. The zero-order valence-corrected chi connectivity index (χ0v) is 14.6. The van der Waals surface area contributed by atoms with Gasteiger partial charge in [-0.1, -0.05) is 18.2 Å². The number of rotatable bonds is 4. The van der Waals surface area contributed by atoms with Crippen LogP contribution in [0.25, 0.3) is 10.9 Å². The Bertz CT molecular complexity index is 1040. The van der Waals surface area contributed by atoms with Gasteiger partial charge in [0.2, 0.25) is 6.79 Å². The number of carbonyl (C=O) groups is 1. The summed E-state index contributed by atoms with van der Waals surface area (Å²) in [4.78, 5) is 17.8. The van der Waals surface area contributed by atoms with Gasteiger partial charge >= 0.3 is 6.18 Å². The second-order valence-corrected chi connectivity index (χ2v) is 6.34.